The zero-order valence-corrected chi connectivity index (χ0v) is 25.0. The minimum atomic E-state index is -0.724. The number of hydrogen-bond donors (Lipinski definition) is 0. The van der Waals surface area contributed by atoms with Crippen LogP contribution in [0.5, 0.6) is 0 Å². The van der Waals surface area contributed by atoms with Gasteiger partial charge in [0.15, 0.2) is 11.2 Å². The molecule has 0 N–H and O–H groups in total. The third kappa shape index (κ3) is 4.00. The smallest absolute Gasteiger partial charge is 0.178 e. The van der Waals surface area contributed by atoms with Gasteiger partial charge in [0.25, 0.3) is 0 Å². The SMILES string of the molecule is [2H]c1c([2H])c([2H])c(-c2c3c([2H])c([2H])c([2H])c([2H])c3c(-c3ccc4oc5c(ccc6c(-c7ccccc7)c(-c7ccccc7)oc65)c4c3)c3c([2H])c([2H])c([2H])c([2H])c23)c([2H])c1[2H]. The van der Waals surface area contributed by atoms with Gasteiger partial charge in [0, 0.05) is 27.3 Å². The van der Waals surface area contributed by atoms with E-state index in [4.69, 9.17) is 21.2 Å². The summed E-state index contributed by atoms with van der Waals surface area (Å²) in [5.74, 6) is 0.649. The molecule has 2 heteroatoms. The summed E-state index contributed by atoms with van der Waals surface area (Å²) in [6.45, 7) is 0. The van der Waals surface area contributed by atoms with E-state index in [0.29, 0.717) is 38.8 Å². The van der Waals surface area contributed by atoms with Gasteiger partial charge < -0.3 is 8.83 Å². The van der Waals surface area contributed by atoms with Crippen molar-refractivity contribution in [2.24, 2.45) is 0 Å². The first-order valence-electron chi connectivity index (χ1n) is 21.8. The van der Waals surface area contributed by atoms with Crippen LogP contribution in [0.3, 0.4) is 0 Å². The number of fused-ring (bicyclic) bond motifs is 7. The molecule has 8 aromatic carbocycles. The lowest BCUT2D eigenvalue weighted by molar-refractivity contribution is 0.612. The van der Waals surface area contributed by atoms with Crippen LogP contribution in [0.15, 0.2) is 178 Å². The molecule has 0 radical (unpaired) electrons. The van der Waals surface area contributed by atoms with Crippen molar-refractivity contribution < 1.29 is 26.7 Å². The summed E-state index contributed by atoms with van der Waals surface area (Å²) in [7, 11) is 0. The van der Waals surface area contributed by atoms with Crippen molar-refractivity contribution >= 4 is 54.5 Å². The fraction of sp³-hybridized carbons (Fsp3) is 0. The molecule has 0 aliphatic rings. The molecule has 0 fully saturated rings. The summed E-state index contributed by atoms with van der Waals surface area (Å²) >= 11 is 0. The molecule has 0 bridgehead atoms. The first-order valence-corrected chi connectivity index (χ1v) is 15.3. The Balaban J connectivity index is 1.36. The van der Waals surface area contributed by atoms with Crippen molar-refractivity contribution in [3.8, 4) is 44.7 Å². The monoisotopic (exact) mass is 625 g/mol. The van der Waals surface area contributed by atoms with E-state index in [9.17, 15) is 5.48 Å². The molecule has 2 nitrogen and oxygen atoms in total. The van der Waals surface area contributed by atoms with Gasteiger partial charge >= 0.3 is 0 Å². The predicted molar refractivity (Wildman–Crippen MR) is 200 cm³/mol. The molecule has 2 aromatic heterocycles. The summed E-state index contributed by atoms with van der Waals surface area (Å²) < 4.78 is 128. The number of benzene rings is 8. The Kier molecular flexibility index (Phi) is 3.74. The summed E-state index contributed by atoms with van der Waals surface area (Å²) in [6.07, 6.45) is 0. The molecule has 10 aromatic rings. The topological polar surface area (TPSA) is 26.3 Å². The van der Waals surface area contributed by atoms with E-state index in [-0.39, 0.29) is 32.7 Å². The molecule has 224 valence electrons. The van der Waals surface area contributed by atoms with Crippen LogP contribution >= 0.6 is 0 Å². The molecule has 0 unspecified atom stereocenters. The average molecular weight is 626 g/mol. The summed E-state index contributed by atoms with van der Waals surface area (Å²) in [6, 6.07) is 19.9. The Morgan fingerprint density at radius 1 is 0.354 bits per heavy atom. The van der Waals surface area contributed by atoms with Gasteiger partial charge in [0.1, 0.15) is 11.3 Å². The second kappa shape index (κ2) is 10.6. The van der Waals surface area contributed by atoms with Crippen molar-refractivity contribution in [2.45, 2.75) is 0 Å². The molecule has 0 aliphatic heterocycles. The zero-order chi connectivity index (χ0) is 42.9. The van der Waals surface area contributed by atoms with Crippen molar-refractivity contribution in [3.63, 3.8) is 0 Å². The van der Waals surface area contributed by atoms with Gasteiger partial charge in [-0.3, -0.25) is 0 Å². The molecule has 0 atom stereocenters. The highest BCUT2D eigenvalue weighted by Crippen LogP contribution is 2.47. The molecular formula is C46H28O2. The van der Waals surface area contributed by atoms with E-state index >= 15 is 0 Å². The molecule has 0 saturated carbocycles. The Bertz CT molecular complexity index is 3450. The lowest BCUT2D eigenvalue weighted by Gasteiger charge is -2.17. The van der Waals surface area contributed by atoms with E-state index in [1.54, 1.807) is 18.2 Å². The maximum absolute atomic E-state index is 9.30. The highest BCUT2D eigenvalue weighted by molar-refractivity contribution is 6.23. The maximum atomic E-state index is 9.30. The third-order valence-corrected chi connectivity index (χ3v) is 8.81. The van der Waals surface area contributed by atoms with Crippen molar-refractivity contribution in [1.82, 2.24) is 0 Å². The molecule has 10 rings (SSSR count). The van der Waals surface area contributed by atoms with Crippen molar-refractivity contribution in [1.29, 1.82) is 0 Å². The minimum Gasteiger partial charge on any atom is -0.452 e. The Labute approximate surface area is 295 Å². The van der Waals surface area contributed by atoms with Crippen molar-refractivity contribution in [2.75, 3.05) is 0 Å². The Morgan fingerprint density at radius 3 is 1.54 bits per heavy atom. The average Bonchev–Trinajstić information content (AvgIpc) is 3.86. The number of furan rings is 2. The standard InChI is InChI=1S/C46H28O2/c1-4-14-29(15-5-1)41-33-20-10-12-22-35(33)42(36-23-13-11-21-34(36)41)32-24-27-40-39(28-32)37-25-26-38-43(30-16-6-2-7-17-30)44(31-18-8-3-9-19-31)48-46(38)45(37)47-40/h1-28H/i1D,4D,5D,10D,11D,12D,13D,14D,15D,20D,21D,22D,23D. The van der Waals surface area contributed by atoms with E-state index in [0.717, 1.165) is 22.1 Å². The summed E-state index contributed by atoms with van der Waals surface area (Å²) in [5, 5.41) is 1.17. The quantitative estimate of drug-likeness (QED) is 0.182. The van der Waals surface area contributed by atoms with Crippen molar-refractivity contribution in [3.05, 3.63) is 170 Å². The van der Waals surface area contributed by atoms with Crippen LogP contribution in [0.4, 0.5) is 0 Å². The van der Waals surface area contributed by atoms with E-state index in [1.807, 2.05) is 72.8 Å². The van der Waals surface area contributed by atoms with Crippen LogP contribution in [0.2, 0.25) is 0 Å². The van der Waals surface area contributed by atoms with Gasteiger partial charge in [-0.1, -0.05) is 145 Å². The third-order valence-electron chi connectivity index (χ3n) is 8.81. The first-order chi connectivity index (χ1) is 29.2. The molecule has 48 heavy (non-hydrogen) atoms. The van der Waals surface area contributed by atoms with Crippen LogP contribution in [0.25, 0.3) is 99.2 Å². The Hall–Kier alpha value is -6.38. The van der Waals surface area contributed by atoms with Crippen LogP contribution in [-0.2, 0) is 0 Å². The second-order valence-electron chi connectivity index (χ2n) is 11.4. The van der Waals surface area contributed by atoms with Crippen LogP contribution in [0, 0.1) is 0 Å². The van der Waals surface area contributed by atoms with Gasteiger partial charge in [-0.25, -0.2) is 0 Å². The zero-order valence-electron chi connectivity index (χ0n) is 38.0. The molecule has 2 heterocycles. The van der Waals surface area contributed by atoms with Gasteiger partial charge in [-0.15, -0.1) is 0 Å². The van der Waals surface area contributed by atoms with E-state index in [1.165, 1.54) is 0 Å². The van der Waals surface area contributed by atoms with Gasteiger partial charge in [-0.05, 0) is 73.6 Å². The maximum Gasteiger partial charge on any atom is 0.178 e. The molecule has 0 saturated heterocycles. The minimum absolute atomic E-state index is 0.0353. The highest BCUT2D eigenvalue weighted by Gasteiger charge is 2.23. The largest absolute Gasteiger partial charge is 0.452 e. The van der Waals surface area contributed by atoms with Crippen LogP contribution in [-0.4, -0.2) is 0 Å². The highest BCUT2D eigenvalue weighted by atomic mass is 16.4. The Morgan fingerprint density at radius 2 is 0.896 bits per heavy atom. The van der Waals surface area contributed by atoms with Crippen LogP contribution < -0.4 is 0 Å². The normalized spacial score (nSPS) is 15.5. The predicted octanol–water partition coefficient (Wildman–Crippen LogP) is 13.3. The summed E-state index contributed by atoms with van der Waals surface area (Å²) in [5.41, 5.74) is 3.62. The van der Waals surface area contributed by atoms with Gasteiger partial charge in [-0.2, -0.15) is 0 Å². The fourth-order valence-electron chi connectivity index (χ4n) is 6.77. The van der Waals surface area contributed by atoms with Gasteiger partial charge in [0.2, 0.25) is 0 Å². The summed E-state index contributed by atoms with van der Waals surface area (Å²) in [4.78, 5) is 0. The second-order valence-corrected chi connectivity index (χ2v) is 11.4. The van der Waals surface area contributed by atoms with Gasteiger partial charge in [0.05, 0.1) is 17.8 Å². The fourth-order valence-corrected chi connectivity index (χ4v) is 6.77. The number of rotatable bonds is 4. The molecule has 0 amide bonds. The lowest BCUT2D eigenvalue weighted by Crippen LogP contribution is -1.90. The van der Waals surface area contributed by atoms with E-state index in [2.05, 4.69) is 0 Å². The lowest BCUT2D eigenvalue weighted by atomic mass is 9.86. The molecule has 0 aliphatic carbocycles. The number of hydrogen-bond acceptors (Lipinski definition) is 2. The van der Waals surface area contributed by atoms with E-state index < -0.39 is 84.1 Å². The molecular weight excluding hydrogens is 585 g/mol. The first kappa shape index (κ1) is 17.0. The molecule has 0 spiro atoms. The van der Waals surface area contributed by atoms with Crippen LogP contribution in [0.1, 0.15) is 17.8 Å².